The maximum atomic E-state index is 5.80. The summed E-state index contributed by atoms with van der Waals surface area (Å²) in [4.78, 5) is 9.39. The van der Waals surface area contributed by atoms with Gasteiger partial charge in [0, 0.05) is 17.6 Å². The zero-order valence-electron chi connectivity index (χ0n) is 8.90. The van der Waals surface area contributed by atoms with Gasteiger partial charge in [-0.05, 0) is 29.5 Å². The molecule has 0 saturated carbocycles. The van der Waals surface area contributed by atoms with Gasteiger partial charge in [0.15, 0.2) is 0 Å². The highest BCUT2D eigenvalue weighted by atomic mass is 35.5. The van der Waals surface area contributed by atoms with Crippen molar-refractivity contribution in [2.24, 2.45) is 0 Å². The molecule has 2 rings (SSSR count). The van der Waals surface area contributed by atoms with Crippen molar-refractivity contribution in [2.45, 2.75) is 13.3 Å². The number of rotatable bonds is 4. The van der Waals surface area contributed by atoms with Crippen LogP contribution in [0.15, 0.2) is 23.7 Å². The fourth-order valence-electron chi connectivity index (χ4n) is 1.35. The van der Waals surface area contributed by atoms with E-state index in [0.717, 1.165) is 29.2 Å². The lowest BCUT2D eigenvalue weighted by Crippen LogP contribution is -2.04. The zero-order valence-corrected chi connectivity index (χ0v) is 10.5. The van der Waals surface area contributed by atoms with Gasteiger partial charge in [0.2, 0.25) is 5.28 Å². The molecule has 0 bridgehead atoms. The van der Waals surface area contributed by atoms with Crippen molar-refractivity contribution in [3.8, 4) is 10.4 Å². The van der Waals surface area contributed by atoms with E-state index in [-0.39, 0.29) is 5.28 Å². The molecular formula is C11H12ClN3S. The molecule has 2 heterocycles. The van der Waals surface area contributed by atoms with E-state index >= 15 is 0 Å². The van der Waals surface area contributed by atoms with Crippen LogP contribution in [-0.4, -0.2) is 16.5 Å². The average Bonchev–Trinajstić information content (AvgIpc) is 2.80. The van der Waals surface area contributed by atoms with E-state index in [1.807, 2.05) is 17.5 Å². The Morgan fingerprint density at radius 2 is 2.38 bits per heavy atom. The molecule has 0 aliphatic carbocycles. The smallest absolute Gasteiger partial charge is 0.224 e. The third kappa shape index (κ3) is 2.51. The monoisotopic (exact) mass is 253 g/mol. The van der Waals surface area contributed by atoms with Crippen LogP contribution in [-0.2, 0) is 0 Å². The fraction of sp³-hybridized carbons (Fsp3) is 0.273. The first-order valence-corrected chi connectivity index (χ1v) is 6.37. The molecule has 0 aromatic carbocycles. The Labute approximate surface area is 104 Å². The van der Waals surface area contributed by atoms with Gasteiger partial charge in [0.25, 0.3) is 0 Å². The van der Waals surface area contributed by atoms with E-state index in [1.54, 1.807) is 17.5 Å². The predicted molar refractivity (Wildman–Crippen MR) is 69.1 cm³/mol. The second-order valence-electron chi connectivity index (χ2n) is 3.31. The van der Waals surface area contributed by atoms with Gasteiger partial charge >= 0.3 is 0 Å². The first-order chi connectivity index (χ1) is 7.81. The Morgan fingerprint density at radius 1 is 1.50 bits per heavy atom. The molecular weight excluding hydrogens is 242 g/mol. The lowest BCUT2D eigenvalue weighted by Gasteiger charge is -2.08. The third-order valence-electron chi connectivity index (χ3n) is 2.09. The summed E-state index contributed by atoms with van der Waals surface area (Å²) in [6.45, 7) is 2.99. The summed E-state index contributed by atoms with van der Waals surface area (Å²) >= 11 is 7.46. The van der Waals surface area contributed by atoms with Gasteiger partial charge in [-0.1, -0.05) is 13.0 Å². The Balaban J connectivity index is 2.36. The molecule has 0 fully saturated rings. The Bertz CT molecular complexity index is 456. The number of nitrogens with one attached hydrogen (secondary N) is 1. The topological polar surface area (TPSA) is 37.8 Å². The van der Waals surface area contributed by atoms with Crippen molar-refractivity contribution < 1.29 is 0 Å². The molecule has 0 radical (unpaired) electrons. The van der Waals surface area contributed by atoms with Crippen molar-refractivity contribution in [1.82, 2.24) is 9.97 Å². The van der Waals surface area contributed by atoms with Crippen molar-refractivity contribution in [2.75, 3.05) is 11.9 Å². The molecule has 16 heavy (non-hydrogen) atoms. The second kappa shape index (κ2) is 5.27. The minimum absolute atomic E-state index is 0.277. The molecule has 0 amide bonds. The van der Waals surface area contributed by atoms with E-state index in [4.69, 9.17) is 11.6 Å². The van der Waals surface area contributed by atoms with Crippen molar-refractivity contribution in [1.29, 1.82) is 0 Å². The van der Waals surface area contributed by atoms with Crippen LogP contribution in [0.3, 0.4) is 0 Å². The highest BCUT2D eigenvalue weighted by Gasteiger charge is 2.08. The summed E-state index contributed by atoms with van der Waals surface area (Å²) in [7, 11) is 0. The van der Waals surface area contributed by atoms with Gasteiger partial charge in [-0.2, -0.15) is 0 Å². The summed E-state index contributed by atoms with van der Waals surface area (Å²) in [5, 5.41) is 5.58. The third-order valence-corrected chi connectivity index (χ3v) is 3.17. The van der Waals surface area contributed by atoms with E-state index in [1.165, 1.54) is 0 Å². The first kappa shape index (κ1) is 11.4. The molecule has 1 N–H and O–H groups in total. The SMILES string of the molecule is CCCNc1nc(Cl)ncc1-c1cccs1. The van der Waals surface area contributed by atoms with Gasteiger partial charge in [-0.15, -0.1) is 11.3 Å². The van der Waals surface area contributed by atoms with Crippen molar-refractivity contribution in [3.63, 3.8) is 0 Å². The van der Waals surface area contributed by atoms with Gasteiger partial charge in [0.05, 0.1) is 5.56 Å². The normalized spacial score (nSPS) is 10.4. The zero-order chi connectivity index (χ0) is 11.4. The number of aromatic nitrogens is 2. The number of nitrogens with zero attached hydrogens (tertiary/aromatic N) is 2. The summed E-state index contributed by atoms with van der Waals surface area (Å²) in [5.41, 5.74) is 1.01. The van der Waals surface area contributed by atoms with Crippen LogP contribution in [0.1, 0.15) is 13.3 Å². The number of hydrogen-bond donors (Lipinski definition) is 1. The van der Waals surface area contributed by atoms with Gasteiger partial charge in [-0.3, -0.25) is 0 Å². The number of hydrogen-bond acceptors (Lipinski definition) is 4. The average molecular weight is 254 g/mol. The highest BCUT2D eigenvalue weighted by Crippen LogP contribution is 2.30. The number of thiophene rings is 1. The van der Waals surface area contributed by atoms with Gasteiger partial charge in [0.1, 0.15) is 5.82 Å². The lowest BCUT2D eigenvalue weighted by atomic mass is 10.2. The largest absolute Gasteiger partial charge is 0.369 e. The Kier molecular flexibility index (Phi) is 3.74. The van der Waals surface area contributed by atoms with E-state index < -0.39 is 0 Å². The highest BCUT2D eigenvalue weighted by molar-refractivity contribution is 7.13. The van der Waals surface area contributed by atoms with Crippen LogP contribution in [0.5, 0.6) is 0 Å². The summed E-state index contributed by atoms with van der Waals surface area (Å²) < 4.78 is 0. The van der Waals surface area contributed by atoms with Crippen molar-refractivity contribution in [3.05, 3.63) is 29.0 Å². The molecule has 0 aliphatic heterocycles. The molecule has 0 spiro atoms. The maximum absolute atomic E-state index is 5.80. The van der Waals surface area contributed by atoms with Crippen LogP contribution in [0.2, 0.25) is 5.28 Å². The number of anilines is 1. The van der Waals surface area contributed by atoms with Crippen LogP contribution >= 0.6 is 22.9 Å². The van der Waals surface area contributed by atoms with E-state index in [2.05, 4.69) is 22.2 Å². The van der Waals surface area contributed by atoms with Gasteiger partial charge < -0.3 is 5.32 Å². The Morgan fingerprint density at radius 3 is 3.06 bits per heavy atom. The standard InChI is InChI=1S/C11H12ClN3S/c1-2-5-13-10-8(7-14-11(12)15-10)9-4-3-6-16-9/h3-4,6-7H,2,5H2,1H3,(H,13,14,15). The summed E-state index contributed by atoms with van der Waals surface area (Å²) in [6, 6.07) is 4.06. The second-order valence-corrected chi connectivity index (χ2v) is 4.59. The lowest BCUT2D eigenvalue weighted by molar-refractivity contribution is 0.966. The molecule has 5 heteroatoms. The fourth-order valence-corrected chi connectivity index (χ4v) is 2.22. The quantitative estimate of drug-likeness (QED) is 0.845. The molecule has 84 valence electrons. The molecule has 2 aromatic heterocycles. The Hall–Kier alpha value is -1.13. The summed E-state index contributed by atoms with van der Waals surface area (Å²) in [5.74, 6) is 0.810. The van der Waals surface area contributed by atoms with Crippen LogP contribution in [0, 0.1) is 0 Å². The first-order valence-electron chi connectivity index (χ1n) is 5.11. The summed E-state index contributed by atoms with van der Waals surface area (Å²) in [6.07, 6.45) is 2.81. The molecule has 0 aliphatic rings. The number of halogens is 1. The van der Waals surface area contributed by atoms with Gasteiger partial charge in [-0.25, -0.2) is 9.97 Å². The maximum Gasteiger partial charge on any atom is 0.224 e. The molecule has 0 saturated heterocycles. The molecule has 0 unspecified atom stereocenters. The van der Waals surface area contributed by atoms with E-state index in [9.17, 15) is 0 Å². The minimum Gasteiger partial charge on any atom is -0.369 e. The van der Waals surface area contributed by atoms with Crippen LogP contribution < -0.4 is 5.32 Å². The van der Waals surface area contributed by atoms with Crippen molar-refractivity contribution >= 4 is 28.8 Å². The minimum atomic E-state index is 0.277. The predicted octanol–water partition coefficient (Wildman–Crippen LogP) is 3.68. The van der Waals surface area contributed by atoms with E-state index in [0.29, 0.717) is 0 Å². The molecule has 0 atom stereocenters. The molecule has 2 aromatic rings. The van der Waals surface area contributed by atoms with Crippen LogP contribution in [0.4, 0.5) is 5.82 Å². The van der Waals surface area contributed by atoms with Crippen LogP contribution in [0.25, 0.3) is 10.4 Å². The molecule has 3 nitrogen and oxygen atoms in total.